The normalized spacial score (nSPS) is 10.5. The lowest BCUT2D eigenvalue weighted by atomic mass is 10.2. The zero-order chi connectivity index (χ0) is 14.9. The molecule has 6 heteroatoms. The van der Waals surface area contributed by atoms with Crippen molar-refractivity contribution in [1.82, 2.24) is 10.2 Å². The Bertz CT molecular complexity index is 557. The van der Waals surface area contributed by atoms with Crippen LogP contribution < -0.4 is 5.32 Å². The minimum atomic E-state index is 0.0270. The summed E-state index contributed by atoms with van der Waals surface area (Å²) in [5.74, 6) is 0.888. The molecule has 0 unspecified atom stereocenters. The van der Waals surface area contributed by atoms with Crippen LogP contribution in [0, 0.1) is 0 Å². The summed E-state index contributed by atoms with van der Waals surface area (Å²) in [7, 11) is 0. The van der Waals surface area contributed by atoms with Crippen molar-refractivity contribution in [2.75, 3.05) is 5.32 Å². The molecule has 2 rings (SSSR count). The highest BCUT2D eigenvalue weighted by Crippen LogP contribution is 2.28. The maximum Gasteiger partial charge on any atom is 0.226 e. The molecule has 0 atom stereocenters. The summed E-state index contributed by atoms with van der Waals surface area (Å²) < 4.78 is 0.878. The lowest BCUT2D eigenvalue weighted by molar-refractivity contribution is -0.116. The van der Waals surface area contributed by atoms with Gasteiger partial charge in [0.05, 0.1) is 0 Å². The lowest BCUT2D eigenvalue weighted by Crippen LogP contribution is -2.10. The van der Waals surface area contributed by atoms with Gasteiger partial charge in [-0.1, -0.05) is 73.2 Å². The van der Waals surface area contributed by atoms with Gasteiger partial charge in [-0.15, -0.1) is 10.2 Å². The number of carbonyl (C=O) groups is 1. The highest BCUT2D eigenvalue weighted by molar-refractivity contribution is 8.00. The Hall–Kier alpha value is -1.40. The zero-order valence-electron chi connectivity index (χ0n) is 12.0. The second-order valence-electron chi connectivity index (χ2n) is 4.65. The third kappa shape index (κ3) is 5.85. The molecule has 0 aliphatic rings. The lowest BCUT2D eigenvalue weighted by Gasteiger charge is -1.99. The molecule has 0 aliphatic carbocycles. The molecule has 0 spiro atoms. The second-order valence-corrected chi connectivity index (χ2v) is 6.85. The van der Waals surface area contributed by atoms with E-state index in [-0.39, 0.29) is 5.91 Å². The molecule has 1 amide bonds. The van der Waals surface area contributed by atoms with Crippen LogP contribution >= 0.6 is 23.1 Å². The number of benzene rings is 1. The van der Waals surface area contributed by atoms with Gasteiger partial charge in [0.15, 0.2) is 4.34 Å². The summed E-state index contributed by atoms with van der Waals surface area (Å²) in [6, 6.07) is 10.2. The first kappa shape index (κ1) is 16.0. The van der Waals surface area contributed by atoms with E-state index in [1.807, 2.05) is 18.2 Å². The van der Waals surface area contributed by atoms with Gasteiger partial charge in [0.1, 0.15) is 0 Å². The van der Waals surface area contributed by atoms with Crippen LogP contribution in [-0.4, -0.2) is 16.1 Å². The van der Waals surface area contributed by atoms with E-state index in [0.29, 0.717) is 11.6 Å². The summed E-state index contributed by atoms with van der Waals surface area (Å²) in [6.07, 6.45) is 3.69. The third-order valence-corrected chi connectivity index (χ3v) is 4.91. The predicted octanol–water partition coefficient (Wildman–Crippen LogP) is 4.35. The Morgan fingerprint density at radius 2 is 2.05 bits per heavy atom. The van der Waals surface area contributed by atoms with E-state index in [2.05, 4.69) is 34.6 Å². The molecule has 4 nitrogen and oxygen atoms in total. The highest BCUT2D eigenvalue weighted by atomic mass is 32.2. The van der Waals surface area contributed by atoms with Gasteiger partial charge in [0.25, 0.3) is 0 Å². The molecule has 0 bridgehead atoms. The Balaban J connectivity index is 1.77. The molecule has 0 fully saturated rings. The third-order valence-electron chi connectivity index (χ3n) is 2.87. The van der Waals surface area contributed by atoms with Crippen LogP contribution in [0.25, 0.3) is 0 Å². The van der Waals surface area contributed by atoms with Crippen molar-refractivity contribution in [3.8, 4) is 0 Å². The number of thioether (sulfide) groups is 1. The largest absolute Gasteiger partial charge is 0.301 e. The van der Waals surface area contributed by atoms with Crippen molar-refractivity contribution < 1.29 is 4.79 Å². The highest BCUT2D eigenvalue weighted by Gasteiger charge is 2.08. The van der Waals surface area contributed by atoms with E-state index in [1.165, 1.54) is 16.9 Å². The number of hydrogen-bond donors (Lipinski definition) is 1. The molecular weight excluding hydrogens is 302 g/mol. The molecule has 21 heavy (non-hydrogen) atoms. The Morgan fingerprint density at radius 1 is 1.24 bits per heavy atom. The molecule has 2 aromatic rings. The quantitative estimate of drug-likeness (QED) is 0.446. The van der Waals surface area contributed by atoms with Crippen LogP contribution in [0.15, 0.2) is 34.7 Å². The first-order valence-electron chi connectivity index (χ1n) is 7.08. The standard InChI is InChI=1S/C15H19N3OS2/c1-2-3-5-10-13(19)16-14-17-18-15(21-14)20-11-12-8-6-4-7-9-12/h4,6-9H,2-3,5,10-11H2,1H3,(H,16,17,19). The molecule has 112 valence electrons. The number of rotatable bonds is 8. The maximum atomic E-state index is 11.7. The minimum Gasteiger partial charge on any atom is -0.301 e. The van der Waals surface area contributed by atoms with Crippen LogP contribution in [0.1, 0.15) is 38.2 Å². The molecule has 0 saturated carbocycles. The number of hydrogen-bond acceptors (Lipinski definition) is 5. The topological polar surface area (TPSA) is 54.9 Å². The van der Waals surface area contributed by atoms with E-state index < -0.39 is 0 Å². The molecule has 0 aliphatic heterocycles. The Labute approximate surface area is 133 Å². The van der Waals surface area contributed by atoms with Gasteiger partial charge in [0.2, 0.25) is 11.0 Å². The molecule has 0 saturated heterocycles. The van der Waals surface area contributed by atoms with Crippen molar-refractivity contribution >= 4 is 34.1 Å². The summed E-state index contributed by atoms with van der Waals surface area (Å²) in [5, 5.41) is 11.5. The summed E-state index contributed by atoms with van der Waals surface area (Å²) >= 11 is 3.06. The number of unbranched alkanes of at least 4 members (excludes halogenated alkanes) is 2. The van der Waals surface area contributed by atoms with Crippen LogP contribution in [0.2, 0.25) is 0 Å². The molecule has 1 heterocycles. The van der Waals surface area contributed by atoms with E-state index in [4.69, 9.17) is 0 Å². The SMILES string of the molecule is CCCCCC(=O)Nc1nnc(SCc2ccccc2)s1. The van der Waals surface area contributed by atoms with Crippen molar-refractivity contribution in [2.45, 2.75) is 42.7 Å². The van der Waals surface area contributed by atoms with E-state index in [1.54, 1.807) is 11.8 Å². The molecule has 1 N–H and O–H groups in total. The monoisotopic (exact) mass is 321 g/mol. The number of amides is 1. The fraction of sp³-hybridized carbons (Fsp3) is 0.400. The first-order chi connectivity index (χ1) is 10.3. The summed E-state index contributed by atoms with van der Waals surface area (Å²) in [4.78, 5) is 11.7. The predicted molar refractivity (Wildman–Crippen MR) is 88.7 cm³/mol. The fourth-order valence-corrected chi connectivity index (χ4v) is 3.48. The van der Waals surface area contributed by atoms with Crippen molar-refractivity contribution in [2.24, 2.45) is 0 Å². The van der Waals surface area contributed by atoms with Gasteiger partial charge in [-0.2, -0.15) is 0 Å². The van der Waals surface area contributed by atoms with Gasteiger partial charge in [-0.3, -0.25) is 4.79 Å². The minimum absolute atomic E-state index is 0.0270. The molecule has 0 radical (unpaired) electrons. The average Bonchev–Trinajstić information content (AvgIpc) is 2.94. The van der Waals surface area contributed by atoms with Gasteiger partial charge in [0, 0.05) is 12.2 Å². The Kier molecular flexibility index (Phi) is 6.69. The van der Waals surface area contributed by atoms with Gasteiger partial charge in [-0.05, 0) is 12.0 Å². The Morgan fingerprint density at radius 3 is 2.81 bits per heavy atom. The zero-order valence-corrected chi connectivity index (χ0v) is 13.7. The molecule has 1 aromatic heterocycles. The van der Waals surface area contributed by atoms with Gasteiger partial charge >= 0.3 is 0 Å². The van der Waals surface area contributed by atoms with E-state index in [9.17, 15) is 4.79 Å². The number of aromatic nitrogens is 2. The fourth-order valence-electron chi connectivity index (χ4n) is 1.76. The number of carbonyl (C=O) groups excluding carboxylic acids is 1. The van der Waals surface area contributed by atoms with Crippen molar-refractivity contribution in [3.63, 3.8) is 0 Å². The van der Waals surface area contributed by atoms with E-state index >= 15 is 0 Å². The number of nitrogens with zero attached hydrogens (tertiary/aromatic N) is 2. The average molecular weight is 321 g/mol. The first-order valence-corrected chi connectivity index (χ1v) is 8.88. The van der Waals surface area contributed by atoms with E-state index in [0.717, 1.165) is 29.4 Å². The summed E-state index contributed by atoms with van der Waals surface area (Å²) in [6.45, 7) is 2.12. The van der Waals surface area contributed by atoms with Gasteiger partial charge < -0.3 is 5.32 Å². The van der Waals surface area contributed by atoms with Crippen LogP contribution in [-0.2, 0) is 10.5 Å². The summed E-state index contributed by atoms with van der Waals surface area (Å²) in [5.41, 5.74) is 1.25. The van der Waals surface area contributed by atoms with Crippen LogP contribution in [0.3, 0.4) is 0 Å². The van der Waals surface area contributed by atoms with Crippen molar-refractivity contribution in [1.29, 1.82) is 0 Å². The molecular formula is C15H19N3OS2. The van der Waals surface area contributed by atoms with Crippen molar-refractivity contribution in [3.05, 3.63) is 35.9 Å². The molecule has 1 aromatic carbocycles. The van der Waals surface area contributed by atoms with Crippen LogP contribution in [0.5, 0.6) is 0 Å². The van der Waals surface area contributed by atoms with Crippen LogP contribution in [0.4, 0.5) is 5.13 Å². The number of anilines is 1. The number of nitrogens with one attached hydrogen (secondary N) is 1. The second kappa shape index (κ2) is 8.79. The smallest absolute Gasteiger partial charge is 0.226 e. The maximum absolute atomic E-state index is 11.7. The van der Waals surface area contributed by atoms with Gasteiger partial charge in [-0.25, -0.2) is 0 Å².